The lowest BCUT2D eigenvalue weighted by Gasteiger charge is -2.21. The highest BCUT2D eigenvalue weighted by atomic mass is 19.1. The number of aromatic nitrogens is 2. The molecule has 3 aromatic rings. The van der Waals surface area contributed by atoms with Gasteiger partial charge in [0.1, 0.15) is 5.75 Å². The van der Waals surface area contributed by atoms with Crippen LogP contribution < -0.4 is 14.8 Å². The van der Waals surface area contributed by atoms with E-state index in [9.17, 15) is 14.0 Å². The molecule has 2 amide bonds. The normalized spacial score (nSPS) is 13.1. The third kappa shape index (κ3) is 4.97. The van der Waals surface area contributed by atoms with Gasteiger partial charge >= 0.3 is 0 Å². The highest BCUT2D eigenvalue weighted by molar-refractivity contribution is 6.05. The minimum atomic E-state index is -0.505. The molecule has 0 saturated carbocycles. The molecule has 1 aliphatic rings. The molecular formula is C24H25FN4O4. The fraction of sp³-hybridized carbons (Fsp3) is 0.292. The van der Waals surface area contributed by atoms with E-state index < -0.39 is 5.82 Å². The van der Waals surface area contributed by atoms with E-state index in [-0.39, 0.29) is 30.5 Å². The summed E-state index contributed by atoms with van der Waals surface area (Å²) in [5, 5.41) is 7.21. The van der Waals surface area contributed by atoms with Crippen molar-refractivity contribution in [3.05, 3.63) is 71.3 Å². The van der Waals surface area contributed by atoms with Crippen molar-refractivity contribution in [3.63, 3.8) is 0 Å². The van der Waals surface area contributed by atoms with Crippen molar-refractivity contribution in [1.29, 1.82) is 0 Å². The monoisotopic (exact) mass is 452 g/mol. The Balaban J connectivity index is 1.48. The van der Waals surface area contributed by atoms with Gasteiger partial charge in [0.25, 0.3) is 5.91 Å². The first kappa shape index (κ1) is 22.3. The second kappa shape index (κ2) is 9.72. The number of aryl methyl sites for hydroxylation is 1. The summed E-state index contributed by atoms with van der Waals surface area (Å²) in [5.74, 6) is -0.117. The number of halogens is 1. The van der Waals surface area contributed by atoms with Crippen molar-refractivity contribution < 1.29 is 23.5 Å². The molecule has 8 nitrogen and oxygen atoms in total. The Bertz CT molecular complexity index is 1160. The minimum Gasteiger partial charge on any atom is -0.497 e. The number of carbonyl (C=O) groups is 2. The van der Waals surface area contributed by atoms with E-state index in [2.05, 4.69) is 10.4 Å². The Morgan fingerprint density at radius 2 is 1.88 bits per heavy atom. The number of anilines is 1. The molecule has 0 fully saturated rings. The number of methoxy groups -OCH3 is 2. The van der Waals surface area contributed by atoms with Crippen LogP contribution in [0.3, 0.4) is 0 Å². The van der Waals surface area contributed by atoms with Crippen LogP contribution in [0.25, 0.3) is 0 Å². The summed E-state index contributed by atoms with van der Waals surface area (Å²) in [7, 11) is 2.97. The SMILES string of the molecule is COc1ccc(NC(=O)c2cnn3c2CN(C(=O)Cc2ccc(OC)c(F)c2)CCC3)cc1. The number of fused-ring (bicyclic) bond motifs is 1. The van der Waals surface area contributed by atoms with Gasteiger partial charge in [-0.25, -0.2) is 4.39 Å². The van der Waals surface area contributed by atoms with Gasteiger partial charge in [0.2, 0.25) is 5.91 Å². The Morgan fingerprint density at radius 3 is 2.58 bits per heavy atom. The summed E-state index contributed by atoms with van der Waals surface area (Å²) >= 11 is 0. The summed E-state index contributed by atoms with van der Waals surface area (Å²) in [6.45, 7) is 1.38. The largest absolute Gasteiger partial charge is 0.497 e. The molecular weight excluding hydrogens is 427 g/mol. The quantitative estimate of drug-likeness (QED) is 0.621. The van der Waals surface area contributed by atoms with Gasteiger partial charge in [-0.1, -0.05) is 6.07 Å². The lowest BCUT2D eigenvalue weighted by molar-refractivity contribution is -0.131. The van der Waals surface area contributed by atoms with Crippen LogP contribution in [-0.4, -0.2) is 47.3 Å². The Labute approximate surface area is 190 Å². The summed E-state index contributed by atoms with van der Waals surface area (Å²) in [6.07, 6.45) is 2.29. The molecule has 1 aliphatic heterocycles. The van der Waals surface area contributed by atoms with Crippen LogP contribution in [0.5, 0.6) is 11.5 Å². The van der Waals surface area contributed by atoms with E-state index in [1.807, 2.05) is 0 Å². The first-order chi connectivity index (χ1) is 16.0. The van der Waals surface area contributed by atoms with E-state index in [0.29, 0.717) is 47.8 Å². The molecule has 0 saturated heterocycles. The maximum atomic E-state index is 14.0. The molecule has 2 heterocycles. The number of amides is 2. The van der Waals surface area contributed by atoms with E-state index in [0.717, 1.165) is 0 Å². The average Bonchev–Trinajstić information content (AvgIpc) is 3.09. The predicted molar refractivity (Wildman–Crippen MR) is 120 cm³/mol. The van der Waals surface area contributed by atoms with Crippen molar-refractivity contribution in [2.75, 3.05) is 26.1 Å². The molecule has 0 unspecified atom stereocenters. The molecule has 1 aromatic heterocycles. The Kier molecular flexibility index (Phi) is 6.58. The van der Waals surface area contributed by atoms with Crippen LogP contribution in [0.15, 0.2) is 48.7 Å². The van der Waals surface area contributed by atoms with Gasteiger partial charge in [-0.05, 0) is 48.4 Å². The minimum absolute atomic E-state index is 0.0580. The second-order valence-electron chi connectivity index (χ2n) is 7.73. The van der Waals surface area contributed by atoms with Gasteiger partial charge in [0, 0.05) is 18.8 Å². The van der Waals surface area contributed by atoms with Crippen molar-refractivity contribution in [2.45, 2.75) is 25.9 Å². The third-order valence-corrected chi connectivity index (χ3v) is 5.60. The number of hydrogen-bond donors (Lipinski definition) is 1. The van der Waals surface area contributed by atoms with Crippen LogP contribution in [0.2, 0.25) is 0 Å². The highest BCUT2D eigenvalue weighted by Crippen LogP contribution is 2.22. The molecule has 9 heteroatoms. The number of benzene rings is 2. The van der Waals surface area contributed by atoms with E-state index in [1.54, 1.807) is 47.0 Å². The first-order valence-electron chi connectivity index (χ1n) is 10.6. The van der Waals surface area contributed by atoms with E-state index in [1.165, 1.54) is 25.4 Å². The molecule has 0 atom stereocenters. The summed E-state index contributed by atoms with van der Waals surface area (Å²) in [5.41, 5.74) is 2.28. The van der Waals surface area contributed by atoms with Gasteiger partial charge in [0.15, 0.2) is 11.6 Å². The maximum absolute atomic E-state index is 14.0. The standard InChI is InChI=1S/C24H25FN4O4/c1-32-18-7-5-17(6-8-18)27-24(31)19-14-26-29-11-3-10-28(15-21(19)29)23(30)13-16-4-9-22(33-2)20(25)12-16/h4-9,12,14H,3,10-11,13,15H2,1-2H3,(H,27,31). The third-order valence-electron chi connectivity index (χ3n) is 5.60. The number of carbonyl (C=O) groups excluding carboxylic acids is 2. The van der Waals surface area contributed by atoms with Crippen LogP contribution in [0.4, 0.5) is 10.1 Å². The highest BCUT2D eigenvalue weighted by Gasteiger charge is 2.25. The van der Waals surface area contributed by atoms with Crippen LogP contribution in [-0.2, 0) is 24.3 Å². The summed E-state index contributed by atoms with van der Waals surface area (Å²) < 4.78 is 25.9. The van der Waals surface area contributed by atoms with Gasteiger partial charge in [-0.2, -0.15) is 5.10 Å². The predicted octanol–water partition coefficient (Wildman–Crippen LogP) is 3.27. The fourth-order valence-corrected chi connectivity index (χ4v) is 3.82. The van der Waals surface area contributed by atoms with Crippen molar-refractivity contribution in [1.82, 2.24) is 14.7 Å². The molecule has 4 rings (SSSR count). The number of rotatable bonds is 6. The van der Waals surface area contributed by atoms with Crippen LogP contribution >= 0.6 is 0 Å². The second-order valence-corrected chi connectivity index (χ2v) is 7.73. The molecule has 0 radical (unpaired) electrons. The van der Waals surface area contributed by atoms with Gasteiger partial charge in [-0.15, -0.1) is 0 Å². The Hall–Kier alpha value is -3.88. The molecule has 172 valence electrons. The fourth-order valence-electron chi connectivity index (χ4n) is 3.82. The summed E-state index contributed by atoms with van der Waals surface area (Å²) in [6, 6.07) is 11.5. The topological polar surface area (TPSA) is 85.7 Å². The number of ether oxygens (including phenoxy) is 2. The molecule has 33 heavy (non-hydrogen) atoms. The zero-order valence-electron chi connectivity index (χ0n) is 18.5. The van der Waals surface area contributed by atoms with Gasteiger partial charge in [-0.3, -0.25) is 14.3 Å². The first-order valence-corrected chi connectivity index (χ1v) is 10.6. The van der Waals surface area contributed by atoms with Crippen molar-refractivity contribution in [3.8, 4) is 11.5 Å². The van der Waals surface area contributed by atoms with Crippen molar-refractivity contribution in [2.24, 2.45) is 0 Å². The molecule has 2 aromatic carbocycles. The molecule has 0 spiro atoms. The van der Waals surface area contributed by atoms with Gasteiger partial charge in [0.05, 0.1) is 44.6 Å². The van der Waals surface area contributed by atoms with Crippen LogP contribution in [0, 0.1) is 5.82 Å². The smallest absolute Gasteiger partial charge is 0.259 e. The van der Waals surface area contributed by atoms with E-state index in [4.69, 9.17) is 9.47 Å². The summed E-state index contributed by atoms with van der Waals surface area (Å²) in [4.78, 5) is 27.6. The zero-order chi connectivity index (χ0) is 23.4. The maximum Gasteiger partial charge on any atom is 0.259 e. The van der Waals surface area contributed by atoms with Crippen molar-refractivity contribution >= 4 is 17.5 Å². The number of hydrogen-bond acceptors (Lipinski definition) is 5. The zero-order valence-corrected chi connectivity index (χ0v) is 18.5. The van der Waals surface area contributed by atoms with Gasteiger partial charge < -0.3 is 19.7 Å². The van der Waals surface area contributed by atoms with Crippen LogP contribution in [0.1, 0.15) is 28.0 Å². The molecule has 0 aliphatic carbocycles. The number of nitrogens with one attached hydrogen (secondary N) is 1. The molecule has 0 bridgehead atoms. The van der Waals surface area contributed by atoms with E-state index >= 15 is 0 Å². The average molecular weight is 452 g/mol. The Morgan fingerprint density at radius 1 is 1.09 bits per heavy atom. The lowest BCUT2D eigenvalue weighted by Crippen LogP contribution is -2.32. The number of nitrogens with zero attached hydrogens (tertiary/aromatic N) is 3. The lowest BCUT2D eigenvalue weighted by atomic mass is 10.1. The molecule has 1 N–H and O–H groups in total.